The lowest BCUT2D eigenvalue weighted by molar-refractivity contribution is -0.139. The number of nitrogens with zero attached hydrogens (tertiary/aromatic N) is 4. The number of para-hydroxylation sites is 1. The summed E-state index contributed by atoms with van der Waals surface area (Å²) in [6.07, 6.45) is 4.84. The molecule has 0 fully saturated rings. The van der Waals surface area contributed by atoms with Crippen molar-refractivity contribution in [1.29, 1.82) is 0 Å². The Bertz CT molecular complexity index is 965. The Morgan fingerprint density at radius 1 is 1.36 bits per heavy atom. The van der Waals surface area contributed by atoms with Crippen molar-refractivity contribution < 1.29 is 14.6 Å². The Hall–Kier alpha value is -3.33. The number of carboxylic acids is 1. The van der Waals surface area contributed by atoms with Crippen LogP contribution in [0.4, 0.5) is 0 Å². The van der Waals surface area contributed by atoms with Gasteiger partial charge in [0.05, 0.1) is 6.21 Å². The van der Waals surface area contributed by atoms with E-state index in [1.165, 1.54) is 10.9 Å². The molecule has 2 aromatic heterocycles. The van der Waals surface area contributed by atoms with E-state index in [-0.39, 0.29) is 0 Å². The zero-order chi connectivity index (χ0) is 17.6. The number of aliphatic carboxylic acids is 1. The van der Waals surface area contributed by atoms with Gasteiger partial charge in [0.2, 0.25) is 4.77 Å². The maximum Gasteiger partial charge on any atom is 0.341 e. The largest absolute Gasteiger partial charge is 0.481 e. The van der Waals surface area contributed by atoms with Crippen LogP contribution in [0.1, 0.15) is 5.56 Å². The summed E-state index contributed by atoms with van der Waals surface area (Å²) in [5.74, 6) is -0.132. The maximum absolute atomic E-state index is 10.7. The topological polar surface area (TPSA) is 105 Å². The highest BCUT2D eigenvalue weighted by Crippen LogP contribution is 2.18. The van der Waals surface area contributed by atoms with Gasteiger partial charge in [-0.05, 0) is 36.5 Å². The molecule has 0 bridgehead atoms. The third-order valence-electron chi connectivity index (χ3n) is 3.15. The number of H-pyrrole nitrogens is 1. The van der Waals surface area contributed by atoms with E-state index < -0.39 is 12.6 Å². The monoisotopic (exact) mass is 355 g/mol. The standard InChI is InChI=1S/C16H13N5O3S/c22-14(23)10-24-13-6-2-1-4-11(13)9-18-21-15(19-20-16(21)25)12-5-3-7-17-8-12/h1-9H,10H2,(H,20,25)(H,22,23)/b18-9-. The fourth-order valence-corrected chi connectivity index (χ4v) is 2.24. The van der Waals surface area contributed by atoms with Gasteiger partial charge in [-0.1, -0.05) is 12.1 Å². The van der Waals surface area contributed by atoms with Crippen molar-refractivity contribution in [2.45, 2.75) is 0 Å². The molecule has 0 atom stereocenters. The van der Waals surface area contributed by atoms with E-state index >= 15 is 0 Å². The van der Waals surface area contributed by atoms with Gasteiger partial charge in [0.1, 0.15) is 5.75 Å². The van der Waals surface area contributed by atoms with Crippen molar-refractivity contribution in [3.63, 3.8) is 0 Å². The first-order valence-corrected chi connectivity index (χ1v) is 7.62. The molecule has 0 saturated heterocycles. The van der Waals surface area contributed by atoms with E-state index in [4.69, 9.17) is 22.1 Å². The van der Waals surface area contributed by atoms with Crippen LogP contribution in [0.15, 0.2) is 53.9 Å². The smallest absolute Gasteiger partial charge is 0.341 e. The first kappa shape index (κ1) is 16.5. The molecular formula is C16H13N5O3S. The Morgan fingerprint density at radius 2 is 2.20 bits per heavy atom. The van der Waals surface area contributed by atoms with Crippen LogP contribution in [0.25, 0.3) is 11.4 Å². The SMILES string of the molecule is O=C(O)COc1ccccc1/C=N\n1c(-c2cccnc2)n[nH]c1=S. The fourth-order valence-electron chi connectivity index (χ4n) is 2.06. The number of nitrogens with one attached hydrogen (secondary N) is 1. The maximum atomic E-state index is 10.7. The van der Waals surface area contributed by atoms with Crippen LogP contribution in [0.2, 0.25) is 0 Å². The van der Waals surface area contributed by atoms with Gasteiger partial charge in [-0.3, -0.25) is 4.98 Å². The lowest BCUT2D eigenvalue weighted by Gasteiger charge is -2.06. The number of aromatic amines is 1. The van der Waals surface area contributed by atoms with Crippen molar-refractivity contribution in [1.82, 2.24) is 19.9 Å². The van der Waals surface area contributed by atoms with Crippen molar-refractivity contribution >= 4 is 24.4 Å². The molecule has 0 spiro atoms. The molecule has 0 aliphatic rings. The molecular weight excluding hydrogens is 342 g/mol. The summed E-state index contributed by atoms with van der Waals surface area (Å²) < 4.78 is 7.03. The second-order valence-corrected chi connectivity index (χ2v) is 5.26. The minimum Gasteiger partial charge on any atom is -0.481 e. The van der Waals surface area contributed by atoms with Gasteiger partial charge in [0.25, 0.3) is 0 Å². The molecule has 0 saturated carbocycles. The third-order valence-corrected chi connectivity index (χ3v) is 3.42. The molecule has 9 heteroatoms. The van der Waals surface area contributed by atoms with Crippen molar-refractivity contribution in [2.24, 2.45) is 5.10 Å². The molecule has 8 nitrogen and oxygen atoms in total. The quantitative estimate of drug-likeness (QED) is 0.519. The van der Waals surface area contributed by atoms with Gasteiger partial charge < -0.3 is 9.84 Å². The highest BCUT2D eigenvalue weighted by molar-refractivity contribution is 7.71. The fraction of sp³-hybridized carbons (Fsp3) is 0.0625. The van der Waals surface area contributed by atoms with E-state index in [1.807, 2.05) is 6.07 Å². The third kappa shape index (κ3) is 3.96. The number of benzene rings is 1. The number of carbonyl (C=O) groups is 1. The summed E-state index contributed by atoms with van der Waals surface area (Å²) >= 11 is 5.21. The van der Waals surface area contributed by atoms with E-state index in [9.17, 15) is 4.79 Å². The second-order valence-electron chi connectivity index (χ2n) is 4.87. The average molecular weight is 355 g/mol. The number of hydrogen-bond donors (Lipinski definition) is 2. The highest BCUT2D eigenvalue weighted by Gasteiger charge is 2.08. The molecule has 126 valence electrons. The van der Waals surface area contributed by atoms with Crippen LogP contribution in [0.3, 0.4) is 0 Å². The molecule has 0 amide bonds. The number of pyridine rings is 1. The molecule has 3 aromatic rings. The number of carboxylic acid groups (broad SMARTS) is 1. The minimum absolute atomic E-state index is 0.319. The molecule has 2 heterocycles. The zero-order valence-corrected chi connectivity index (χ0v) is 13.7. The Kier molecular flexibility index (Phi) is 4.95. The average Bonchev–Trinajstić information content (AvgIpc) is 3.00. The summed E-state index contributed by atoms with van der Waals surface area (Å²) in [5, 5.41) is 19.9. The Balaban J connectivity index is 1.93. The molecule has 0 aliphatic heterocycles. The highest BCUT2D eigenvalue weighted by atomic mass is 32.1. The van der Waals surface area contributed by atoms with Crippen molar-refractivity contribution in [3.8, 4) is 17.1 Å². The van der Waals surface area contributed by atoms with E-state index in [1.54, 1.807) is 42.7 Å². The molecule has 2 N–H and O–H groups in total. The van der Waals surface area contributed by atoms with Gasteiger partial charge in [0.15, 0.2) is 12.4 Å². The number of ether oxygens (including phenoxy) is 1. The summed E-state index contributed by atoms with van der Waals surface area (Å²) in [6.45, 7) is -0.434. The van der Waals surface area contributed by atoms with Gasteiger partial charge in [-0.2, -0.15) is 14.9 Å². The number of hydrogen-bond acceptors (Lipinski definition) is 6. The first-order chi connectivity index (χ1) is 12.1. The van der Waals surface area contributed by atoms with Crippen LogP contribution in [-0.4, -0.2) is 43.8 Å². The van der Waals surface area contributed by atoms with Gasteiger partial charge in [0, 0.05) is 23.5 Å². The predicted octanol–water partition coefficient (Wildman–Crippen LogP) is 2.35. The summed E-state index contributed by atoms with van der Waals surface area (Å²) in [4.78, 5) is 14.7. The Morgan fingerprint density at radius 3 is 2.96 bits per heavy atom. The van der Waals surface area contributed by atoms with Crippen LogP contribution in [-0.2, 0) is 4.79 Å². The number of rotatable bonds is 6. The van der Waals surface area contributed by atoms with E-state index in [0.29, 0.717) is 21.9 Å². The lowest BCUT2D eigenvalue weighted by atomic mass is 10.2. The number of aromatic nitrogens is 4. The van der Waals surface area contributed by atoms with Crippen molar-refractivity contribution in [2.75, 3.05) is 6.61 Å². The molecule has 3 rings (SSSR count). The summed E-state index contributed by atoms with van der Waals surface area (Å²) in [7, 11) is 0. The molecule has 1 aromatic carbocycles. The summed E-state index contributed by atoms with van der Waals surface area (Å²) in [5.41, 5.74) is 1.37. The van der Waals surface area contributed by atoms with Crippen LogP contribution >= 0.6 is 12.2 Å². The zero-order valence-electron chi connectivity index (χ0n) is 12.9. The molecule has 0 unspecified atom stereocenters. The summed E-state index contributed by atoms with van der Waals surface area (Å²) in [6, 6.07) is 10.6. The predicted molar refractivity (Wildman–Crippen MR) is 93.2 cm³/mol. The van der Waals surface area contributed by atoms with Crippen LogP contribution < -0.4 is 4.74 Å². The Labute approximate surface area is 147 Å². The van der Waals surface area contributed by atoms with E-state index in [2.05, 4.69) is 20.3 Å². The minimum atomic E-state index is -1.05. The van der Waals surface area contributed by atoms with Crippen LogP contribution in [0, 0.1) is 4.77 Å². The lowest BCUT2D eigenvalue weighted by Crippen LogP contribution is -2.10. The molecule has 25 heavy (non-hydrogen) atoms. The second kappa shape index (κ2) is 7.49. The van der Waals surface area contributed by atoms with Gasteiger partial charge in [-0.15, -0.1) is 0 Å². The van der Waals surface area contributed by atoms with Crippen molar-refractivity contribution in [3.05, 3.63) is 59.1 Å². The van der Waals surface area contributed by atoms with Crippen LogP contribution in [0.5, 0.6) is 5.75 Å². The van der Waals surface area contributed by atoms with Gasteiger partial charge >= 0.3 is 5.97 Å². The molecule has 0 radical (unpaired) electrons. The van der Waals surface area contributed by atoms with Gasteiger partial charge in [-0.25, -0.2) is 9.89 Å². The molecule has 0 aliphatic carbocycles. The first-order valence-electron chi connectivity index (χ1n) is 7.21. The van der Waals surface area contributed by atoms with E-state index in [0.717, 1.165) is 5.56 Å². The normalized spacial score (nSPS) is 10.9.